The monoisotopic (exact) mass is 350 g/mol. The van der Waals surface area contributed by atoms with E-state index in [0.717, 1.165) is 11.3 Å². The fraction of sp³-hybridized carbons (Fsp3) is 0.250. The van der Waals surface area contributed by atoms with Gasteiger partial charge in [-0.25, -0.2) is 0 Å². The predicted octanol–water partition coefficient (Wildman–Crippen LogP) is 3.12. The molecule has 1 heterocycles. The zero-order valence-corrected chi connectivity index (χ0v) is 15.2. The van der Waals surface area contributed by atoms with Crippen LogP contribution in [0.2, 0.25) is 0 Å². The summed E-state index contributed by atoms with van der Waals surface area (Å²) in [5, 5.41) is 4.00. The molecule has 0 aliphatic rings. The molecular weight excluding hydrogens is 328 g/mol. The molecule has 3 rings (SSSR count). The fourth-order valence-electron chi connectivity index (χ4n) is 2.56. The number of amides is 1. The second kappa shape index (κ2) is 7.82. The van der Waals surface area contributed by atoms with E-state index in [1.165, 1.54) is 0 Å². The molecule has 6 nitrogen and oxygen atoms in total. The van der Waals surface area contributed by atoms with Crippen molar-refractivity contribution < 1.29 is 9.32 Å². The molecule has 0 aliphatic heterocycles. The Morgan fingerprint density at radius 1 is 1.04 bits per heavy atom. The van der Waals surface area contributed by atoms with Crippen molar-refractivity contribution in [3.63, 3.8) is 0 Å². The van der Waals surface area contributed by atoms with Crippen molar-refractivity contribution in [3.8, 4) is 11.5 Å². The SMILES string of the molecule is CN(CCc1noc(-c2ccccc2)n1)C(=O)c1cccc(N(C)C)c1. The lowest BCUT2D eigenvalue weighted by atomic mass is 10.1. The van der Waals surface area contributed by atoms with Crippen LogP contribution < -0.4 is 4.90 Å². The van der Waals surface area contributed by atoms with E-state index in [-0.39, 0.29) is 5.91 Å². The van der Waals surface area contributed by atoms with E-state index in [1.807, 2.05) is 73.6 Å². The van der Waals surface area contributed by atoms with Gasteiger partial charge in [0.25, 0.3) is 11.8 Å². The Hall–Kier alpha value is -3.15. The number of benzene rings is 2. The zero-order valence-electron chi connectivity index (χ0n) is 15.2. The third kappa shape index (κ3) is 4.08. The molecule has 0 spiro atoms. The van der Waals surface area contributed by atoms with E-state index in [9.17, 15) is 4.79 Å². The zero-order chi connectivity index (χ0) is 18.5. The van der Waals surface area contributed by atoms with Crippen molar-refractivity contribution in [2.45, 2.75) is 6.42 Å². The molecule has 134 valence electrons. The fourth-order valence-corrected chi connectivity index (χ4v) is 2.56. The molecule has 0 unspecified atom stereocenters. The van der Waals surface area contributed by atoms with Crippen LogP contribution in [0.4, 0.5) is 5.69 Å². The summed E-state index contributed by atoms with van der Waals surface area (Å²) in [6, 6.07) is 17.2. The smallest absolute Gasteiger partial charge is 0.257 e. The summed E-state index contributed by atoms with van der Waals surface area (Å²) in [7, 11) is 5.69. The van der Waals surface area contributed by atoms with E-state index in [2.05, 4.69) is 10.1 Å². The highest BCUT2D eigenvalue weighted by molar-refractivity contribution is 5.95. The second-order valence-corrected chi connectivity index (χ2v) is 6.30. The largest absolute Gasteiger partial charge is 0.378 e. The lowest BCUT2D eigenvalue weighted by Crippen LogP contribution is -2.29. The Labute approximate surface area is 153 Å². The van der Waals surface area contributed by atoms with Gasteiger partial charge in [-0.2, -0.15) is 4.98 Å². The molecule has 1 aromatic heterocycles. The molecule has 6 heteroatoms. The third-order valence-electron chi connectivity index (χ3n) is 4.12. The predicted molar refractivity (Wildman–Crippen MR) is 101 cm³/mol. The average Bonchev–Trinajstić information content (AvgIpc) is 3.15. The Morgan fingerprint density at radius 2 is 1.81 bits per heavy atom. The minimum Gasteiger partial charge on any atom is -0.378 e. The van der Waals surface area contributed by atoms with Crippen LogP contribution in [0.5, 0.6) is 0 Å². The molecule has 0 N–H and O–H groups in total. The molecule has 0 saturated heterocycles. The van der Waals surface area contributed by atoms with Crippen LogP contribution in [0.25, 0.3) is 11.5 Å². The number of nitrogens with zero attached hydrogens (tertiary/aromatic N) is 4. The summed E-state index contributed by atoms with van der Waals surface area (Å²) in [6.45, 7) is 0.513. The van der Waals surface area contributed by atoms with E-state index < -0.39 is 0 Å². The van der Waals surface area contributed by atoms with Gasteiger partial charge < -0.3 is 14.3 Å². The molecule has 1 amide bonds. The summed E-state index contributed by atoms with van der Waals surface area (Å²) >= 11 is 0. The van der Waals surface area contributed by atoms with Gasteiger partial charge in [-0.15, -0.1) is 0 Å². The molecular formula is C20H22N4O2. The number of aromatic nitrogens is 2. The molecule has 0 radical (unpaired) electrons. The van der Waals surface area contributed by atoms with Crippen molar-refractivity contribution in [1.82, 2.24) is 15.0 Å². The Balaban J connectivity index is 1.62. The van der Waals surface area contributed by atoms with Crippen LogP contribution in [0.1, 0.15) is 16.2 Å². The van der Waals surface area contributed by atoms with Gasteiger partial charge in [0.2, 0.25) is 0 Å². The van der Waals surface area contributed by atoms with Crippen LogP contribution in [-0.4, -0.2) is 48.6 Å². The van der Waals surface area contributed by atoms with Gasteiger partial charge in [-0.05, 0) is 30.3 Å². The molecule has 26 heavy (non-hydrogen) atoms. The maximum Gasteiger partial charge on any atom is 0.257 e. The first-order chi connectivity index (χ1) is 12.5. The minimum absolute atomic E-state index is 0.0273. The van der Waals surface area contributed by atoms with Crippen LogP contribution in [0, 0.1) is 0 Å². The van der Waals surface area contributed by atoms with E-state index >= 15 is 0 Å². The van der Waals surface area contributed by atoms with Crippen LogP contribution >= 0.6 is 0 Å². The summed E-state index contributed by atoms with van der Waals surface area (Å²) in [5.74, 6) is 1.05. The summed E-state index contributed by atoms with van der Waals surface area (Å²) in [5.41, 5.74) is 2.54. The average molecular weight is 350 g/mol. The quantitative estimate of drug-likeness (QED) is 0.683. The maximum atomic E-state index is 12.6. The van der Waals surface area contributed by atoms with Crippen molar-refractivity contribution in [2.24, 2.45) is 0 Å². The van der Waals surface area contributed by atoms with E-state index in [4.69, 9.17) is 4.52 Å². The third-order valence-corrected chi connectivity index (χ3v) is 4.12. The molecule has 0 bridgehead atoms. The summed E-state index contributed by atoms with van der Waals surface area (Å²) in [4.78, 5) is 20.7. The Morgan fingerprint density at radius 3 is 2.54 bits per heavy atom. The van der Waals surface area contributed by atoms with Crippen molar-refractivity contribution in [1.29, 1.82) is 0 Å². The second-order valence-electron chi connectivity index (χ2n) is 6.30. The Kier molecular flexibility index (Phi) is 5.31. The standard InChI is InChI=1S/C20H22N4O2/c1-23(2)17-11-7-10-16(14-17)20(25)24(3)13-12-18-21-19(26-22-18)15-8-5-4-6-9-15/h4-11,14H,12-13H2,1-3H3. The minimum atomic E-state index is -0.0273. The first-order valence-corrected chi connectivity index (χ1v) is 8.45. The Bertz CT molecular complexity index is 874. The van der Waals surface area contributed by atoms with Gasteiger partial charge in [-0.3, -0.25) is 4.79 Å². The van der Waals surface area contributed by atoms with Crippen LogP contribution in [-0.2, 0) is 6.42 Å². The maximum absolute atomic E-state index is 12.6. The topological polar surface area (TPSA) is 62.5 Å². The van der Waals surface area contributed by atoms with Gasteiger partial charge in [0.1, 0.15) is 0 Å². The summed E-state index contributed by atoms with van der Waals surface area (Å²) < 4.78 is 5.30. The molecule has 3 aromatic rings. The van der Waals surface area contributed by atoms with Crippen molar-refractivity contribution in [2.75, 3.05) is 32.6 Å². The number of hydrogen-bond donors (Lipinski definition) is 0. The van der Waals surface area contributed by atoms with Crippen LogP contribution in [0.3, 0.4) is 0 Å². The van der Waals surface area contributed by atoms with E-state index in [0.29, 0.717) is 30.2 Å². The normalized spacial score (nSPS) is 10.6. The van der Waals surface area contributed by atoms with Gasteiger partial charge in [-0.1, -0.05) is 29.4 Å². The van der Waals surface area contributed by atoms with Crippen molar-refractivity contribution in [3.05, 3.63) is 66.0 Å². The first-order valence-electron chi connectivity index (χ1n) is 8.45. The van der Waals surface area contributed by atoms with Gasteiger partial charge >= 0.3 is 0 Å². The molecule has 0 aliphatic carbocycles. The number of hydrogen-bond acceptors (Lipinski definition) is 5. The first kappa shape index (κ1) is 17.7. The highest BCUT2D eigenvalue weighted by atomic mass is 16.5. The highest BCUT2D eigenvalue weighted by Gasteiger charge is 2.14. The molecule has 0 fully saturated rings. The lowest BCUT2D eigenvalue weighted by molar-refractivity contribution is 0.0796. The number of anilines is 1. The van der Waals surface area contributed by atoms with E-state index in [1.54, 1.807) is 11.9 Å². The molecule has 0 saturated carbocycles. The molecule has 0 atom stereocenters. The highest BCUT2D eigenvalue weighted by Crippen LogP contribution is 2.17. The van der Waals surface area contributed by atoms with Gasteiger partial charge in [0.05, 0.1) is 0 Å². The van der Waals surface area contributed by atoms with Gasteiger partial charge in [0.15, 0.2) is 5.82 Å². The number of carbonyl (C=O) groups is 1. The number of rotatable bonds is 6. The summed E-state index contributed by atoms with van der Waals surface area (Å²) in [6.07, 6.45) is 0.534. The number of carbonyl (C=O) groups excluding carboxylic acids is 1. The van der Waals surface area contributed by atoms with Gasteiger partial charge in [0, 0.05) is 50.9 Å². The van der Waals surface area contributed by atoms with Crippen LogP contribution in [0.15, 0.2) is 59.1 Å². The lowest BCUT2D eigenvalue weighted by Gasteiger charge is -2.18. The molecule has 2 aromatic carbocycles. The number of likely N-dealkylation sites (N-methyl/N-ethyl adjacent to an activating group) is 1. The van der Waals surface area contributed by atoms with Crippen molar-refractivity contribution >= 4 is 11.6 Å².